The van der Waals surface area contributed by atoms with Gasteiger partial charge >= 0.3 is 0 Å². The molecule has 1 aliphatic rings. The zero-order chi connectivity index (χ0) is 19.7. The molecule has 5 heteroatoms. The number of amides is 1. The number of nitrogens with zero attached hydrogens (tertiary/aromatic N) is 2. The molecule has 0 saturated carbocycles. The van der Waals surface area contributed by atoms with Crippen molar-refractivity contribution in [3.63, 3.8) is 0 Å². The first kappa shape index (κ1) is 17.8. The number of carbonyl (C=O) groups is 1. The first-order valence-electron chi connectivity index (χ1n) is 9.01. The summed E-state index contributed by atoms with van der Waals surface area (Å²) in [5.41, 5.74) is 8.10. The summed E-state index contributed by atoms with van der Waals surface area (Å²) in [7, 11) is 3.25. The Labute approximate surface area is 164 Å². The van der Waals surface area contributed by atoms with Crippen molar-refractivity contribution in [2.75, 3.05) is 14.2 Å². The standard InChI is InChI=1S/C23H21N3O2/c1-26-21(27)23(25-22(26)24,17-12-7-4-8-13-17)19-15-9-14-18(20(19)28-2)16-10-5-3-6-11-16/h3-15H,1-2H3,(H2,24,25). The highest BCUT2D eigenvalue weighted by Gasteiger charge is 2.51. The molecule has 3 aromatic rings. The van der Waals surface area contributed by atoms with E-state index in [-0.39, 0.29) is 11.9 Å². The van der Waals surface area contributed by atoms with E-state index >= 15 is 0 Å². The monoisotopic (exact) mass is 371 g/mol. The van der Waals surface area contributed by atoms with Crippen LogP contribution in [0.1, 0.15) is 11.1 Å². The number of carbonyl (C=O) groups excluding carboxylic acids is 1. The van der Waals surface area contributed by atoms with Crippen LogP contribution in [0, 0.1) is 0 Å². The largest absolute Gasteiger partial charge is 0.496 e. The van der Waals surface area contributed by atoms with Gasteiger partial charge in [-0.05, 0) is 11.1 Å². The molecule has 4 rings (SSSR count). The second-order valence-electron chi connectivity index (χ2n) is 6.66. The van der Waals surface area contributed by atoms with E-state index in [4.69, 9.17) is 10.5 Å². The third-order valence-corrected chi connectivity index (χ3v) is 5.13. The minimum atomic E-state index is -1.28. The second-order valence-corrected chi connectivity index (χ2v) is 6.66. The maximum Gasteiger partial charge on any atom is 0.266 e. The number of nitrogens with two attached hydrogens (primary N) is 1. The van der Waals surface area contributed by atoms with Crippen LogP contribution in [-0.2, 0) is 10.3 Å². The van der Waals surface area contributed by atoms with Gasteiger partial charge in [-0.1, -0.05) is 78.9 Å². The van der Waals surface area contributed by atoms with Gasteiger partial charge in [0.2, 0.25) is 0 Å². The van der Waals surface area contributed by atoms with Crippen LogP contribution in [0.15, 0.2) is 83.9 Å². The van der Waals surface area contributed by atoms with E-state index in [1.165, 1.54) is 4.90 Å². The first-order valence-corrected chi connectivity index (χ1v) is 9.01. The molecule has 140 valence electrons. The maximum atomic E-state index is 13.4. The van der Waals surface area contributed by atoms with Crippen molar-refractivity contribution in [2.45, 2.75) is 5.54 Å². The van der Waals surface area contributed by atoms with Crippen molar-refractivity contribution >= 4 is 11.9 Å². The van der Waals surface area contributed by atoms with Gasteiger partial charge in [0.05, 0.1) is 7.11 Å². The van der Waals surface area contributed by atoms with Gasteiger partial charge in [0.1, 0.15) is 5.75 Å². The van der Waals surface area contributed by atoms with Gasteiger partial charge in [-0.2, -0.15) is 0 Å². The lowest BCUT2D eigenvalue weighted by atomic mass is 9.81. The van der Waals surface area contributed by atoms with Gasteiger partial charge in [-0.15, -0.1) is 0 Å². The molecule has 2 N–H and O–H groups in total. The average Bonchev–Trinajstić information content (AvgIpc) is 2.99. The van der Waals surface area contributed by atoms with Crippen molar-refractivity contribution in [2.24, 2.45) is 10.7 Å². The van der Waals surface area contributed by atoms with Crippen molar-refractivity contribution < 1.29 is 9.53 Å². The number of benzene rings is 3. The SMILES string of the molecule is COc1c(-c2ccccc2)cccc1C1(c2ccccc2)N=C(N)N(C)C1=O. The number of aliphatic imine (C=N–C) groups is 1. The number of guanidine groups is 1. The van der Waals surface area contributed by atoms with Crippen molar-refractivity contribution in [3.8, 4) is 16.9 Å². The summed E-state index contributed by atoms with van der Waals surface area (Å²) in [5, 5.41) is 0. The molecule has 28 heavy (non-hydrogen) atoms. The number of para-hydroxylation sites is 1. The summed E-state index contributed by atoms with van der Waals surface area (Å²) >= 11 is 0. The van der Waals surface area contributed by atoms with Gasteiger partial charge in [-0.25, -0.2) is 4.99 Å². The highest BCUT2D eigenvalue weighted by Crippen LogP contribution is 2.46. The van der Waals surface area contributed by atoms with Crippen molar-refractivity contribution in [3.05, 3.63) is 90.0 Å². The fourth-order valence-corrected chi connectivity index (χ4v) is 3.73. The molecule has 0 fully saturated rings. The molecular formula is C23H21N3O2. The Bertz CT molecular complexity index is 1050. The maximum absolute atomic E-state index is 13.4. The quantitative estimate of drug-likeness (QED) is 0.764. The van der Waals surface area contributed by atoms with Crippen molar-refractivity contribution in [1.82, 2.24) is 4.90 Å². The molecule has 1 aliphatic heterocycles. The molecule has 0 bridgehead atoms. The minimum Gasteiger partial charge on any atom is -0.496 e. The Kier molecular flexibility index (Phi) is 4.35. The van der Waals surface area contributed by atoms with Crippen LogP contribution < -0.4 is 10.5 Å². The van der Waals surface area contributed by atoms with E-state index in [0.29, 0.717) is 11.3 Å². The van der Waals surface area contributed by atoms with Crippen LogP contribution in [-0.4, -0.2) is 30.9 Å². The highest BCUT2D eigenvalue weighted by atomic mass is 16.5. The average molecular weight is 371 g/mol. The molecule has 5 nitrogen and oxygen atoms in total. The Hall–Kier alpha value is -3.60. The van der Waals surface area contributed by atoms with Crippen LogP contribution >= 0.6 is 0 Å². The number of likely N-dealkylation sites (N-methyl/N-ethyl adjacent to an activating group) is 1. The van der Waals surface area contributed by atoms with Gasteiger partial charge in [0, 0.05) is 18.2 Å². The van der Waals surface area contributed by atoms with Gasteiger partial charge in [0.15, 0.2) is 11.5 Å². The van der Waals surface area contributed by atoms with Gasteiger partial charge in [0.25, 0.3) is 5.91 Å². The number of ether oxygens (including phenoxy) is 1. The number of hydrogen-bond donors (Lipinski definition) is 1. The zero-order valence-corrected chi connectivity index (χ0v) is 15.8. The molecule has 0 radical (unpaired) electrons. The first-order chi connectivity index (χ1) is 13.6. The van der Waals surface area contributed by atoms with Crippen LogP contribution in [0.2, 0.25) is 0 Å². The van der Waals surface area contributed by atoms with E-state index in [2.05, 4.69) is 4.99 Å². The Balaban J connectivity index is 2.04. The summed E-state index contributed by atoms with van der Waals surface area (Å²) in [6, 6.07) is 25.2. The number of rotatable bonds is 4. The summed E-state index contributed by atoms with van der Waals surface area (Å²) in [4.78, 5) is 19.5. The fourth-order valence-electron chi connectivity index (χ4n) is 3.73. The third-order valence-electron chi connectivity index (χ3n) is 5.13. The predicted molar refractivity (Wildman–Crippen MR) is 110 cm³/mol. The minimum absolute atomic E-state index is 0.182. The van der Waals surface area contributed by atoms with E-state index in [1.807, 2.05) is 78.9 Å². The second kappa shape index (κ2) is 6.85. The molecule has 1 atom stereocenters. The topological polar surface area (TPSA) is 67.9 Å². The Morgan fingerprint density at radius 3 is 2.14 bits per heavy atom. The van der Waals surface area contributed by atoms with Crippen LogP contribution in [0.25, 0.3) is 11.1 Å². The summed E-state index contributed by atoms with van der Waals surface area (Å²) < 4.78 is 5.83. The smallest absolute Gasteiger partial charge is 0.266 e. The molecule has 1 amide bonds. The van der Waals surface area contributed by atoms with E-state index in [9.17, 15) is 4.79 Å². The van der Waals surface area contributed by atoms with Crippen molar-refractivity contribution in [1.29, 1.82) is 0 Å². The number of hydrogen-bond acceptors (Lipinski definition) is 4. The number of methoxy groups -OCH3 is 1. The van der Waals surface area contributed by atoms with E-state index in [0.717, 1.165) is 16.7 Å². The van der Waals surface area contributed by atoms with Crippen LogP contribution in [0.4, 0.5) is 0 Å². The Morgan fingerprint density at radius 2 is 1.57 bits per heavy atom. The molecule has 3 aromatic carbocycles. The predicted octanol–water partition coefficient (Wildman–Crippen LogP) is 3.39. The van der Waals surface area contributed by atoms with E-state index < -0.39 is 5.54 Å². The molecule has 0 spiro atoms. The van der Waals surface area contributed by atoms with E-state index in [1.54, 1.807) is 14.2 Å². The summed E-state index contributed by atoms with van der Waals surface area (Å²) in [6.07, 6.45) is 0. The van der Waals surface area contributed by atoms with Crippen LogP contribution in [0.5, 0.6) is 5.75 Å². The molecule has 0 aromatic heterocycles. The van der Waals surface area contributed by atoms with Crippen LogP contribution in [0.3, 0.4) is 0 Å². The lowest BCUT2D eigenvalue weighted by Gasteiger charge is -2.28. The summed E-state index contributed by atoms with van der Waals surface area (Å²) in [6.45, 7) is 0. The molecule has 1 heterocycles. The lowest BCUT2D eigenvalue weighted by molar-refractivity contribution is -0.129. The molecular weight excluding hydrogens is 350 g/mol. The van der Waals surface area contributed by atoms with Gasteiger partial charge in [-0.3, -0.25) is 9.69 Å². The molecule has 0 saturated heterocycles. The third kappa shape index (κ3) is 2.55. The molecule has 0 aliphatic carbocycles. The summed E-state index contributed by atoms with van der Waals surface area (Å²) in [5.74, 6) is 0.582. The lowest BCUT2D eigenvalue weighted by Crippen LogP contribution is -2.41. The fraction of sp³-hybridized carbons (Fsp3) is 0.130. The molecule has 1 unspecified atom stereocenters. The Morgan fingerprint density at radius 1 is 0.929 bits per heavy atom. The highest BCUT2D eigenvalue weighted by molar-refractivity contribution is 6.09. The van der Waals surface area contributed by atoms with Gasteiger partial charge < -0.3 is 10.5 Å². The zero-order valence-electron chi connectivity index (χ0n) is 15.8. The normalized spacial score (nSPS) is 18.9.